The monoisotopic (exact) mass is 309 g/mol. The van der Waals surface area contributed by atoms with E-state index in [0.717, 1.165) is 15.9 Å². The highest BCUT2D eigenvalue weighted by Crippen LogP contribution is 2.32. The van der Waals surface area contributed by atoms with Crippen LogP contribution in [0.15, 0.2) is 12.1 Å². The number of rotatable bonds is 6. The Morgan fingerprint density at radius 3 is 3.05 bits per heavy atom. The molecule has 1 amide bonds. The summed E-state index contributed by atoms with van der Waals surface area (Å²) in [5, 5.41) is 13.1. The van der Waals surface area contributed by atoms with Crippen molar-refractivity contribution in [2.45, 2.75) is 19.4 Å². The SMILES string of the molecule is COCC(O)CCNC(=O)c1sc2nc(C)ccc2c1N. The van der Waals surface area contributed by atoms with Crippen LogP contribution in [0.5, 0.6) is 0 Å². The van der Waals surface area contributed by atoms with Crippen molar-refractivity contribution < 1.29 is 14.6 Å². The molecule has 21 heavy (non-hydrogen) atoms. The molecule has 4 N–H and O–H groups in total. The molecule has 0 aliphatic carbocycles. The summed E-state index contributed by atoms with van der Waals surface area (Å²) in [6.07, 6.45) is -0.152. The molecule has 6 nitrogen and oxygen atoms in total. The molecule has 7 heteroatoms. The number of hydrogen-bond donors (Lipinski definition) is 3. The van der Waals surface area contributed by atoms with Crippen molar-refractivity contribution in [3.8, 4) is 0 Å². The largest absolute Gasteiger partial charge is 0.397 e. The van der Waals surface area contributed by atoms with Crippen LogP contribution >= 0.6 is 11.3 Å². The molecule has 2 aromatic heterocycles. The molecule has 1 atom stereocenters. The molecule has 1 unspecified atom stereocenters. The van der Waals surface area contributed by atoms with Crippen molar-refractivity contribution in [1.82, 2.24) is 10.3 Å². The minimum atomic E-state index is -0.584. The smallest absolute Gasteiger partial charge is 0.263 e. The quantitative estimate of drug-likeness (QED) is 0.747. The van der Waals surface area contributed by atoms with Crippen LogP contribution in [-0.4, -0.2) is 42.4 Å². The molecule has 114 valence electrons. The van der Waals surface area contributed by atoms with Gasteiger partial charge in [-0.1, -0.05) is 0 Å². The average Bonchev–Trinajstić information content (AvgIpc) is 2.75. The number of fused-ring (bicyclic) bond motifs is 1. The number of nitrogens with two attached hydrogens (primary N) is 1. The number of aliphatic hydroxyl groups is 1. The number of aryl methyl sites for hydroxylation is 1. The predicted molar refractivity (Wildman–Crippen MR) is 83.6 cm³/mol. The lowest BCUT2D eigenvalue weighted by Crippen LogP contribution is -2.28. The minimum Gasteiger partial charge on any atom is -0.397 e. The zero-order chi connectivity index (χ0) is 15.4. The van der Waals surface area contributed by atoms with Gasteiger partial charge in [0.2, 0.25) is 0 Å². The minimum absolute atomic E-state index is 0.238. The molecule has 0 radical (unpaired) electrons. The molecule has 0 spiro atoms. The highest BCUT2D eigenvalue weighted by molar-refractivity contribution is 7.21. The van der Waals surface area contributed by atoms with Crippen molar-refractivity contribution in [3.63, 3.8) is 0 Å². The normalized spacial score (nSPS) is 12.5. The lowest BCUT2D eigenvalue weighted by atomic mass is 10.2. The van der Waals surface area contributed by atoms with Crippen molar-refractivity contribution in [1.29, 1.82) is 0 Å². The van der Waals surface area contributed by atoms with E-state index < -0.39 is 6.10 Å². The molecule has 2 aromatic rings. The standard InChI is InChI=1S/C14H19N3O3S/c1-8-3-4-10-11(15)12(21-14(10)17-8)13(19)16-6-5-9(18)7-20-2/h3-4,9,18H,5-7,15H2,1-2H3,(H,16,19). The summed E-state index contributed by atoms with van der Waals surface area (Å²) in [5.41, 5.74) is 7.35. The van der Waals surface area contributed by atoms with Gasteiger partial charge in [-0.15, -0.1) is 11.3 Å². The van der Waals surface area contributed by atoms with Crippen LogP contribution in [0.1, 0.15) is 21.8 Å². The number of carbonyl (C=O) groups is 1. The summed E-state index contributed by atoms with van der Waals surface area (Å²) in [6.45, 7) is 2.51. The second-order valence-corrected chi connectivity index (χ2v) is 5.80. The third-order valence-electron chi connectivity index (χ3n) is 3.06. The van der Waals surface area contributed by atoms with E-state index in [-0.39, 0.29) is 12.5 Å². The number of nitrogens with zero attached hydrogens (tertiary/aromatic N) is 1. The fourth-order valence-electron chi connectivity index (χ4n) is 1.97. The van der Waals surface area contributed by atoms with Crippen molar-refractivity contribution >= 4 is 33.1 Å². The van der Waals surface area contributed by atoms with Crippen molar-refractivity contribution in [3.05, 3.63) is 22.7 Å². The van der Waals surface area contributed by atoms with E-state index in [9.17, 15) is 9.90 Å². The van der Waals surface area contributed by atoms with Crippen LogP contribution in [0.2, 0.25) is 0 Å². The number of aliphatic hydroxyl groups excluding tert-OH is 1. The van der Waals surface area contributed by atoms with E-state index in [2.05, 4.69) is 10.3 Å². The molecule has 2 heterocycles. The van der Waals surface area contributed by atoms with E-state index in [0.29, 0.717) is 23.5 Å². The van der Waals surface area contributed by atoms with E-state index >= 15 is 0 Å². The van der Waals surface area contributed by atoms with E-state index in [1.165, 1.54) is 18.4 Å². The Labute approximate surface area is 126 Å². The fraction of sp³-hybridized carbons (Fsp3) is 0.429. The number of hydrogen-bond acceptors (Lipinski definition) is 6. The maximum atomic E-state index is 12.1. The van der Waals surface area contributed by atoms with Gasteiger partial charge in [0.05, 0.1) is 18.4 Å². The number of carbonyl (C=O) groups excluding carboxylic acids is 1. The number of methoxy groups -OCH3 is 1. The zero-order valence-electron chi connectivity index (χ0n) is 12.0. The Morgan fingerprint density at radius 2 is 2.33 bits per heavy atom. The van der Waals surface area contributed by atoms with E-state index in [1.54, 1.807) is 0 Å². The van der Waals surface area contributed by atoms with Gasteiger partial charge in [0.1, 0.15) is 9.71 Å². The lowest BCUT2D eigenvalue weighted by molar-refractivity contribution is 0.0588. The first-order valence-corrected chi connectivity index (χ1v) is 7.45. The first-order chi connectivity index (χ1) is 10.0. The van der Waals surface area contributed by atoms with E-state index in [4.69, 9.17) is 10.5 Å². The summed E-state index contributed by atoms with van der Waals surface area (Å²) in [5.74, 6) is -0.238. The number of pyridine rings is 1. The lowest BCUT2D eigenvalue weighted by Gasteiger charge is -2.09. The number of amides is 1. The van der Waals surface area contributed by atoms with Gasteiger partial charge in [-0.25, -0.2) is 4.98 Å². The van der Waals surface area contributed by atoms with Gasteiger partial charge in [0.15, 0.2) is 0 Å². The van der Waals surface area contributed by atoms with Crippen LogP contribution < -0.4 is 11.1 Å². The number of aromatic nitrogens is 1. The highest BCUT2D eigenvalue weighted by atomic mass is 32.1. The molecule has 0 aliphatic heterocycles. The molecule has 2 rings (SSSR count). The fourth-order valence-corrected chi connectivity index (χ4v) is 3.02. The summed E-state index contributed by atoms with van der Waals surface area (Å²) in [7, 11) is 1.52. The topological polar surface area (TPSA) is 97.5 Å². The van der Waals surface area contributed by atoms with E-state index in [1.807, 2.05) is 19.1 Å². The molecule has 0 fully saturated rings. The van der Waals surface area contributed by atoms with Crippen LogP contribution in [-0.2, 0) is 4.74 Å². The molecule has 0 aromatic carbocycles. The van der Waals surface area contributed by atoms with Crippen LogP contribution in [0, 0.1) is 6.92 Å². The number of nitrogens with one attached hydrogen (secondary N) is 1. The van der Waals surface area contributed by atoms with Crippen molar-refractivity contribution in [2.75, 3.05) is 26.0 Å². The second-order valence-electron chi connectivity index (χ2n) is 4.80. The van der Waals surface area contributed by atoms with Crippen LogP contribution in [0.25, 0.3) is 10.2 Å². The Bertz CT molecular complexity index is 642. The third kappa shape index (κ3) is 3.69. The third-order valence-corrected chi connectivity index (χ3v) is 4.18. The van der Waals surface area contributed by atoms with Gasteiger partial charge in [-0.05, 0) is 25.5 Å². The zero-order valence-corrected chi connectivity index (χ0v) is 12.9. The average molecular weight is 309 g/mol. The number of nitrogen functional groups attached to an aromatic ring is 1. The molecular formula is C14H19N3O3S. The Hall–Kier alpha value is -1.70. The molecular weight excluding hydrogens is 290 g/mol. The molecule has 0 aliphatic rings. The number of ether oxygens (including phenoxy) is 1. The Balaban J connectivity index is 2.04. The molecule has 0 saturated heterocycles. The van der Waals surface area contributed by atoms with Gasteiger partial charge in [0, 0.05) is 24.7 Å². The van der Waals surface area contributed by atoms with Gasteiger partial charge < -0.3 is 20.9 Å². The first-order valence-electron chi connectivity index (χ1n) is 6.63. The van der Waals surface area contributed by atoms with Gasteiger partial charge in [0.25, 0.3) is 5.91 Å². The maximum absolute atomic E-state index is 12.1. The second kappa shape index (κ2) is 6.84. The predicted octanol–water partition coefficient (Wildman–Crippen LogP) is 1.31. The van der Waals surface area contributed by atoms with Crippen LogP contribution in [0.4, 0.5) is 5.69 Å². The van der Waals surface area contributed by atoms with Gasteiger partial charge in [-0.2, -0.15) is 0 Å². The summed E-state index contributed by atoms with van der Waals surface area (Å²) >= 11 is 1.28. The summed E-state index contributed by atoms with van der Waals surface area (Å²) in [4.78, 5) is 17.7. The number of thiophene rings is 1. The van der Waals surface area contributed by atoms with Gasteiger partial charge >= 0.3 is 0 Å². The van der Waals surface area contributed by atoms with Crippen molar-refractivity contribution in [2.24, 2.45) is 0 Å². The number of anilines is 1. The van der Waals surface area contributed by atoms with Gasteiger partial charge in [-0.3, -0.25) is 4.79 Å². The Kier molecular flexibility index (Phi) is 5.11. The summed E-state index contributed by atoms with van der Waals surface area (Å²) in [6, 6.07) is 3.75. The molecule has 0 saturated carbocycles. The summed E-state index contributed by atoms with van der Waals surface area (Å²) < 4.78 is 4.83. The molecule has 0 bridgehead atoms. The van der Waals surface area contributed by atoms with Crippen LogP contribution in [0.3, 0.4) is 0 Å². The maximum Gasteiger partial charge on any atom is 0.263 e. The highest BCUT2D eigenvalue weighted by Gasteiger charge is 2.17. The first kappa shape index (κ1) is 15.7. The Morgan fingerprint density at radius 1 is 1.57 bits per heavy atom.